The number of hydrogen-bond acceptors (Lipinski definition) is 4. The maximum atomic E-state index is 5.56. The van der Waals surface area contributed by atoms with Gasteiger partial charge >= 0.3 is 0 Å². The summed E-state index contributed by atoms with van der Waals surface area (Å²) in [5.41, 5.74) is 2.81. The second-order valence-electron chi connectivity index (χ2n) is 4.61. The Labute approximate surface area is 114 Å². The summed E-state index contributed by atoms with van der Waals surface area (Å²) in [7, 11) is 1.61. The van der Waals surface area contributed by atoms with Crippen LogP contribution in [0, 0.1) is 0 Å². The molecular weight excluding hydrogens is 240 g/mol. The van der Waals surface area contributed by atoms with Crippen molar-refractivity contribution < 1.29 is 9.47 Å². The van der Waals surface area contributed by atoms with Crippen LogP contribution < -0.4 is 4.90 Å². The lowest BCUT2D eigenvalue weighted by Crippen LogP contribution is -2.41. The molecule has 1 atom stereocenters. The molecule has 102 valence electrons. The van der Waals surface area contributed by atoms with Crippen LogP contribution in [-0.2, 0) is 9.47 Å². The maximum Gasteiger partial charge on any atom is 0.121 e. The summed E-state index contributed by atoms with van der Waals surface area (Å²) in [5.74, 6) is 0.602. The number of benzene rings is 1. The van der Waals surface area contributed by atoms with Gasteiger partial charge in [0.2, 0.25) is 0 Å². The SMILES string of the molecule is C=Nc1ccc(N2CCOC(C)C2)cc1C(=C)OC. The van der Waals surface area contributed by atoms with Gasteiger partial charge in [-0.2, -0.15) is 0 Å². The van der Waals surface area contributed by atoms with Crippen LogP contribution in [0.3, 0.4) is 0 Å². The molecule has 2 rings (SSSR count). The van der Waals surface area contributed by atoms with Crippen molar-refractivity contribution in [1.82, 2.24) is 0 Å². The van der Waals surface area contributed by atoms with Crippen LogP contribution in [0.5, 0.6) is 0 Å². The van der Waals surface area contributed by atoms with Gasteiger partial charge in [0.25, 0.3) is 0 Å². The van der Waals surface area contributed by atoms with Gasteiger partial charge < -0.3 is 14.4 Å². The fourth-order valence-corrected chi connectivity index (χ4v) is 2.24. The van der Waals surface area contributed by atoms with E-state index in [9.17, 15) is 0 Å². The first-order valence-corrected chi connectivity index (χ1v) is 6.36. The van der Waals surface area contributed by atoms with E-state index in [0.717, 1.165) is 36.6 Å². The van der Waals surface area contributed by atoms with Crippen molar-refractivity contribution in [3.05, 3.63) is 30.3 Å². The number of hydrogen-bond donors (Lipinski definition) is 0. The molecule has 0 amide bonds. The van der Waals surface area contributed by atoms with Gasteiger partial charge in [-0.05, 0) is 31.8 Å². The third kappa shape index (κ3) is 2.96. The summed E-state index contributed by atoms with van der Waals surface area (Å²) in [6.07, 6.45) is 0.250. The zero-order chi connectivity index (χ0) is 13.8. The van der Waals surface area contributed by atoms with Crippen LogP contribution in [0.25, 0.3) is 5.76 Å². The van der Waals surface area contributed by atoms with Gasteiger partial charge in [-0.25, -0.2) is 0 Å². The Morgan fingerprint density at radius 1 is 1.53 bits per heavy atom. The molecule has 1 aliphatic rings. The van der Waals surface area contributed by atoms with Crippen LogP contribution in [0.2, 0.25) is 0 Å². The van der Waals surface area contributed by atoms with Crippen LogP contribution in [-0.4, -0.2) is 39.6 Å². The summed E-state index contributed by atoms with van der Waals surface area (Å²) in [4.78, 5) is 6.31. The molecule has 1 fully saturated rings. The topological polar surface area (TPSA) is 34.1 Å². The molecule has 1 unspecified atom stereocenters. The smallest absolute Gasteiger partial charge is 0.121 e. The van der Waals surface area contributed by atoms with E-state index in [-0.39, 0.29) is 6.10 Å². The first kappa shape index (κ1) is 13.6. The summed E-state index contributed by atoms with van der Waals surface area (Å²) in [6.45, 7) is 12.1. The molecule has 4 nitrogen and oxygen atoms in total. The molecule has 1 saturated heterocycles. The van der Waals surface area contributed by atoms with Gasteiger partial charge in [0, 0.05) is 24.3 Å². The van der Waals surface area contributed by atoms with E-state index < -0.39 is 0 Å². The Hall–Kier alpha value is -1.81. The number of rotatable bonds is 4. The predicted octanol–water partition coefficient (Wildman–Crippen LogP) is 2.86. The van der Waals surface area contributed by atoms with Gasteiger partial charge in [0.1, 0.15) is 5.76 Å². The van der Waals surface area contributed by atoms with E-state index in [1.807, 2.05) is 12.1 Å². The summed E-state index contributed by atoms with van der Waals surface area (Å²) in [5, 5.41) is 0. The molecule has 4 heteroatoms. The minimum Gasteiger partial charge on any atom is -0.497 e. The molecule has 0 N–H and O–H groups in total. The van der Waals surface area contributed by atoms with Crippen LogP contribution in [0.15, 0.2) is 29.8 Å². The molecule has 0 aromatic heterocycles. The minimum absolute atomic E-state index is 0.250. The molecule has 19 heavy (non-hydrogen) atoms. The Morgan fingerprint density at radius 2 is 2.32 bits per heavy atom. The molecule has 0 spiro atoms. The molecule has 0 aliphatic carbocycles. The molecular formula is C15H20N2O2. The molecule has 1 aromatic rings. The number of ether oxygens (including phenoxy) is 2. The lowest BCUT2D eigenvalue weighted by molar-refractivity contribution is 0.0532. The zero-order valence-electron chi connectivity index (χ0n) is 11.6. The third-order valence-electron chi connectivity index (χ3n) is 3.30. The Kier molecular flexibility index (Phi) is 4.22. The zero-order valence-corrected chi connectivity index (χ0v) is 11.6. The van der Waals surface area contributed by atoms with E-state index in [4.69, 9.17) is 9.47 Å². The summed E-state index contributed by atoms with van der Waals surface area (Å²) >= 11 is 0. The largest absolute Gasteiger partial charge is 0.497 e. The average Bonchev–Trinajstić information content (AvgIpc) is 2.45. The van der Waals surface area contributed by atoms with Gasteiger partial charge in [-0.3, -0.25) is 4.99 Å². The van der Waals surface area contributed by atoms with Crippen molar-refractivity contribution in [2.24, 2.45) is 4.99 Å². The number of morpholine rings is 1. The Morgan fingerprint density at radius 3 is 2.95 bits per heavy atom. The lowest BCUT2D eigenvalue weighted by Gasteiger charge is -2.33. The van der Waals surface area contributed by atoms with Gasteiger partial charge in [0.05, 0.1) is 25.5 Å². The van der Waals surface area contributed by atoms with Crippen molar-refractivity contribution in [2.75, 3.05) is 31.7 Å². The highest BCUT2D eigenvalue weighted by atomic mass is 16.5. The van der Waals surface area contributed by atoms with Crippen molar-refractivity contribution in [1.29, 1.82) is 0 Å². The van der Waals surface area contributed by atoms with Gasteiger partial charge in [0.15, 0.2) is 0 Å². The van der Waals surface area contributed by atoms with Gasteiger partial charge in [-0.1, -0.05) is 6.58 Å². The van der Waals surface area contributed by atoms with Crippen molar-refractivity contribution >= 4 is 23.9 Å². The quantitative estimate of drug-likeness (QED) is 0.616. The minimum atomic E-state index is 0.250. The second kappa shape index (κ2) is 5.89. The normalized spacial score (nSPS) is 19.1. The highest BCUT2D eigenvalue weighted by Crippen LogP contribution is 2.30. The number of nitrogens with zero attached hydrogens (tertiary/aromatic N) is 2. The fraction of sp³-hybridized carbons (Fsp3) is 0.400. The number of anilines is 1. The highest BCUT2D eigenvalue weighted by molar-refractivity contribution is 5.74. The molecule has 0 bridgehead atoms. The summed E-state index contributed by atoms with van der Waals surface area (Å²) in [6, 6.07) is 6.05. The first-order valence-electron chi connectivity index (χ1n) is 6.36. The predicted molar refractivity (Wildman–Crippen MR) is 79.3 cm³/mol. The van der Waals surface area contributed by atoms with E-state index in [1.165, 1.54) is 0 Å². The lowest BCUT2D eigenvalue weighted by atomic mass is 10.1. The van der Waals surface area contributed by atoms with Crippen LogP contribution >= 0.6 is 0 Å². The van der Waals surface area contributed by atoms with E-state index >= 15 is 0 Å². The van der Waals surface area contributed by atoms with Crippen molar-refractivity contribution in [3.63, 3.8) is 0 Å². The van der Waals surface area contributed by atoms with E-state index in [1.54, 1.807) is 7.11 Å². The van der Waals surface area contributed by atoms with Crippen molar-refractivity contribution in [2.45, 2.75) is 13.0 Å². The highest BCUT2D eigenvalue weighted by Gasteiger charge is 2.18. The number of aliphatic imine (C=N–C) groups is 1. The Bertz CT molecular complexity index is 485. The average molecular weight is 260 g/mol. The first-order chi connectivity index (χ1) is 9.15. The fourth-order valence-electron chi connectivity index (χ4n) is 2.24. The van der Waals surface area contributed by atoms with Crippen LogP contribution in [0.4, 0.5) is 11.4 Å². The third-order valence-corrected chi connectivity index (χ3v) is 3.30. The molecule has 1 heterocycles. The molecule has 1 aliphatic heterocycles. The summed E-state index contributed by atoms with van der Waals surface area (Å²) < 4.78 is 10.8. The number of methoxy groups -OCH3 is 1. The molecule has 0 saturated carbocycles. The second-order valence-corrected chi connectivity index (χ2v) is 4.61. The van der Waals surface area contributed by atoms with E-state index in [2.05, 4.69) is 36.2 Å². The molecule has 1 aromatic carbocycles. The van der Waals surface area contributed by atoms with Crippen LogP contribution in [0.1, 0.15) is 12.5 Å². The maximum absolute atomic E-state index is 5.56. The molecule has 0 radical (unpaired) electrons. The standard InChI is InChI=1S/C15H20N2O2/c1-11-10-17(7-8-19-11)13-5-6-15(16-3)14(9-13)12(2)18-4/h5-6,9,11H,2-3,7-8,10H2,1,4H3. The van der Waals surface area contributed by atoms with Gasteiger partial charge in [-0.15, -0.1) is 0 Å². The van der Waals surface area contributed by atoms with Crippen molar-refractivity contribution in [3.8, 4) is 0 Å². The Balaban J connectivity index is 2.31. The van der Waals surface area contributed by atoms with E-state index in [0.29, 0.717) is 5.76 Å². The monoisotopic (exact) mass is 260 g/mol.